The third kappa shape index (κ3) is 9.72. The maximum absolute atomic E-state index is 8.34. The lowest BCUT2D eigenvalue weighted by Gasteiger charge is -2.20. The predicted octanol–water partition coefficient (Wildman–Crippen LogP) is -1.30. The second kappa shape index (κ2) is 9.88. The Morgan fingerprint density at radius 2 is 1.31 bits per heavy atom. The maximum atomic E-state index is 8.34. The Morgan fingerprint density at radius 1 is 1.00 bits per heavy atom. The van der Waals surface area contributed by atoms with E-state index in [1.54, 1.807) is 0 Å². The van der Waals surface area contributed by atoms with Crippen LogP contribution in [0.25, 0.3) is 0 Å². The molecule has 0 spiro atoms. The van der Waals surface area contributed by atoms with Gasteiger partial charge in [0.1, 0.15) is 0 Å². The fourth-order valence-electron chi connectivity index (χ4n) is 0.354. The van der Waals surface area contributed by atoms with E-state index in [4.69, 9.17) is 25.8 Å². The van der Waals surface area contributed by atoms with Gasteiger partial charge in [-0.15, -0.1) is 0 Å². The first kappa shape index (κ1) is 15.3. The molecular formula is C8H21NO4. The van der Waals surface area contributed by atoms with Crippen LogP contribution >= 0.6 is 0 Å². The Kier molecular flexibility index (Phi) is 11.6. The van der Waals surface area contributed by atoms with Crippen LogP contribution in [0, 0.1) is 0 Å². The maximum Gasteiger partial charge on any atom is 0.0856 e. The number of aliphatic hydroxyl groups excluding tert-OH is 3. The highest BCUT2D eigenvalue weighted by molar-refractivity contribution is 4.80. The molecule has 0 aliphatic rings. The number of aliphatic hydroxyl groups is 3. The molecular weight excluding hydrogens is 174 g/mol. The summed E-state index contributed by atoms with van der Waals surface area (Å²) >= 11 is 0. The van der Waals surface area contributed by atoms with Crippen LogP contribution in [0.5, 0.6) is 0 Å². The standard InChI is InChI=1S/C4H11NO3.C4H10O/c5-4(1-6,2-7)3-8;1-3-5-4-2/h6-8H,1-3,5H2;3-4H2,1-2H3. The summed E-state index contributed by atoms with van der Waals surface area (Å²) in [6.45, 7) is 4.46. The predicted molar refractivity (Wildman–Crippen MR) is 50.3 cm³/mol. The van der Waals surface area contributed by atoms with Gasteiger partial charge in [-0.2, -0.15) is 0 Å². The largest absolute Gasteiger partial charge is 0.394 e. The lowest BCUT2D eigenvalue weighted by Crippen LogP contribution is -2.50. The minimum atomic E-state index is -1.21. The molecule has 5 heteroatoms. The van der Waals surface area contributed by atoms with Gasteiger partial charge >= 0.3 is 0 Å². The van der Waals surface area contributed by atoms with Gasteiger partial charge in [0, 0.05) is 13.2 Å². The van der Waals surface area contributed by atoms with Gasteiger partial charge in [-0.1, -0.05) is 0 Å². The highest BCUT2D eigenvalue weighted by Crippen LogP contribution is 1.93. The molecule has 0 saturated heterocycles. The van der Waals surface area contributed by atoms with Crippen LogP contribution in [-0.2, 0) is 4.74 Å². The van der Waals surface area contributed by atoms with Crippen molar-refractivity contribution < 1.29 is 20.1 Å². The zero-order chi connectivity index (χ0) is 10.7. The van der Waals surface area contributed by atoms with E-state index in [1.807, 2.05) is 13.8 Å². The summed E-state index contributed by atoms with van der Waals surface area (Å²) in [5.74, 6) is 0. The van der Waals surface area contributed by atoms with E-state index in [9.17, 15) is 0 Å². The Bertz CT molecular complexity index is 85.9. The first-order chi connectivity index (χ1) is 6.10. The molecule has 0 heterocycles. The summed E-state index contributed by atoms with van der Waals surface area (Å²) in [6.07, 6.45) is 0. The average molecular weight is 195 g/mol. The Labute approximate surface area is 79.1 Å². The normalized spacial score (nSPS) is 10.6. The molecule has 0 aliphatic heterocycles. The van der Waals surface area contributed by atoms with Gasteiger partial charge in [-0.3, -0.25) is 0 Å². The molecule has 0 saturated carbocycles. The van der Waals surface area contributed by atoms with Crippen molar-refractivity contribution in [3.8, 4) is 0 Å². The van der Waals surface area contributed by atoms with Crippen molar-refractivity contribution in [1.29, 1.82) is 0 Å². The quantitative estimate of drug-likeness (QED) is 0.437. The van der Waals surface area contributed by atoms with Crippen LogP contribution in [0.15, 0.2) is 0 Å². The van der Waals surface area contributed by atoms with E-state index in [0.717, 1.165) is 13.2 Å². The summed E-state index contributed by atoms with van der Waals surface area (Å²) in [5, 5.41) is 25.0. The average Bonchev–Trinajstić information content (AvgIpc) is 2.19. The van der Waals surface area contributed by atoms with Crippen molar-refractivity contribution in [2.75, 3.05) is 33.0 Å². The van der Waals surface area contributed by atoms with Crippen molar-refractivity contribution >= 4 is 0 Å². The van der Waals surface area contributed by atoms with E-state index in [0.29, 0.717) is 0 Å². The number of ether oxygens (including phenoxy) is 1. The molecule has 5 nitrogen and oxygen atoms in total. The first-order valence-corrected chi connectivity index (χ1v) is 4.29. The Balaban J connectivity index is 0. The fourth-order valence-corrected chi connectivity index (χ4v) is 0.354. The molecule has 0 aromatic heterocycles. The van der Waals surface area contributed by atoms with Crippen molar-refractivity contribution in [2.24, 2.45) is 5.73 Å². The number of hydrogen-bond donors (Lipinski definition) is 4. The SMILES string of the molecule is CCOCC.NC(CO)(CO)CO. The topological polar surface area (TPSA) is 95.9 Å². The third-order valence-corrected chi connectivity index (χ3v) is 1.35. The highest BCUT2D eigenvalue weighted by Gasteiger charge is 2.20. The molecule has 0 unspecified atom stereocenters. The minimum absolute atomic E-state index is 0.403. The summed E-state index contributed by atoms with van der Waals surface area (Å²) in [6, 6.07) is 0. The molecule has 13 heavy (non-hydrogen) atoms. The van der Waals surface area contributed by atoms with Crippen LogP contribution in [0.4, 0.5) is 0 Å². The van der Waals surface area contributed by atoms with Gasteiger partial charge in [0.05, 0.1) is 25.4 Å². The van der Waals surface area contributed by atoms with Crippen LogP contribution in [0.1, 0.15) is 13.8 Å². The van der Waals surface area contributed by atoms with Crippen molar-refractivity contribution in [3.05, 3.63) is 0 Å². The van der Waals surface area contributed by atoms with E-state index in [1.165, 1.54) is 0 Å². The molecule has 0 atom stereocenters. The molecule has 0 radical (unpaired) electrons. The van der Waals surface area contributed by atoms with Crippen LogP contribution in [0.2, 0.25) is 0 Å². The molecule has 0 aliphatic carbocycles. The molecule has 0 rings (SSSR count). The van der Waals surface area contributed by atoms with Gasteiger partial charge in [0.2, 0.25) is 0 Å². The third-order valence-electron chi connectivity index (χ3n) is 1.35. The van der Waals surface area contributed by atoms with Crippen molar-refractivity contribution in [3.63, 3.8) is 0 Å². The van der Waals surface area contributed by atoms with Gasteiger partial charge in [-0.05, 0) is 13.8 Å². The Morgan fingerprint density at radius 3 is 1.31 bits per heavy atom. The number of rotatable bonds is 5. The second-order valence-corrected chi connectivity index (χ2v) is 2.62. The molecule has 0 bridgehead atoms. The molecule has 82 valence electrons. The zero-order valence-corrected chi connectivity index (χ0v) is 8.36. The highest BCUT2D eigenvalue weighted by atomic mass is 16.5. The fraction of sp³-hybridized carbons (Fsp3) is 1.00. The smallest absolute Gasteiger partial charge is 0.0856 e. The molecule has 0 aromatic rings. The molecule has 5 N–H and O–H groups in total. The zero-order valence-electron chi connectivity index (χ0n) is 8.36. The lowest BCUT2D eigenvalue weighted by atomic mass is 10.1. The van der Waals surface area contributed by atoms with Gasteiger partial charge in [0.25, 0.3) is 0 Å². The van der Waals surface area contributed by atoms with Crippen molar-refractivity contribution in [1.82, 2.24) is 0 Å². The van der Waals surface area contributed by atoms with Gasteiger partial charge in [-0.25, -0.2) is 0 Å². The van der Waals surface area contributed by atoms with Gasteiger partial charge in [0.15, 0.2) is 0 Å². The van der Waals surface area contributed by atoms with E-state index in [-0.39, 0.29) is 0 Å². The molecule has 0 amide bonds. The monoisotopic (exact) mass is 195 g/mol. The van der Waals surface area contributed by atoms with E-state index >= 15 is 0 Å². The molecule has 0 aromatic carbocycles. The summed E-state index contributed by atoms with van der Waals surface area (Å²) in [5.41, 5.74) is 3.94. The van der Waals surface area contributed by atoms with E-state index < -0.39 is 25.4 Å². The van der Waals surface area contributed by atoms with Crippen LogP contribution < -0.4 is 5.73 Å². The van der Waals surface area contributed by atoms with Gasteiger partial charge < -0.3 is 25.8 Å². The number of nitrogens with two attached hydrogens (primary N) is 1. The molecule has 0 fully saturated rings. The second-order valence-electron chi connectivity index (χ2n) is 2.62. The summed E-state index contributed by atoms with van der Waals surface area (Å²) in [4.78, 5) is 0. The first-order valence-electron chi connectivity index (χ1n) is 4.29. The van der Waals surface area contributed by atoms with Crippen LogP contribution in [-0.4, -0.2) is 53.9 Å². The summed E-state index contributed by atoms with van der Waals surface area (Å²) < 4.78 is 4.83. The lowest BCUT2D eigenvalue weighted by molar-refractivity contribution is 0.0698. The summed E-state index contributed by atoms with van der Waals surface area (Å²) in [7, 11) is 0. The number of hydrogen-bond acceptors (Lipinski definition) is 5. The Hall–Kier alpha value is -0.200. The van der Waals surface area contributed by atoms with Crippen LogP contribution in [0.3, 0.4) is 0 Å². The van der Waals surface area contributed by atoms with Crippen molar-refractivity contribution in [2.45, 2.75) is 19.4 Å². The van der Waals surface area contributed by atoms with E-state index in [2.05, 4.69) is 0 Å². The minimum Gasteiger partial charge on any atom is -0.394 e.